The molecule has 0 amide bonds. The Morgan fingerprint density at radius 3 is 2.70 bits per heavy atom. The molecule has 2 aromatic rings. The van der Waals surface area contributed by atoms with E-state index in [9.17, 15) is 4.39 Å². The van der Waals surface area contributed by atoms with Crippen LogP contribution in [-0.4, -0.2) is 16.7 Å². The smallest absolute Gasteiger partial charge is 0.226 e. The van der Waals surface area contributed by atoms with Gasteiger partial charge in [0.15, 0.2) is 0 Å². The van der Waals surface area contributed by atoms with Crippen molar-refractivity contribution in [2.45, 2.75) is 33.1 Å². The first kappa shape index (κ1) is 14.7. The van der Waals surface area contributed by atoms with Crippen LogP contribution in [0.4, 0.5) is 4.39 Å². The third-order valence-corrected chi connectivity index (χ3v) is 3.42. The zero-order valence-corrected chi connectivity index (χ0v) is 11.9. The number of nitrogens with zero attached hydrogens (tertiary/aromatic N) is 2. The zero-order valence-electron chi connectivity index (χ0n) is 11.9. The maximum atomic E-state index is 13.6. The van der Waals surface area contributed by atoms with E-state index in [2.05, 4.69) is 24.0 Å². The summed E-state index contributed by atoms with van der Waals surface area (Å²) in [6.07, 6.45) is 2.53. The van der Waals surface area contributed by atoms with E-state index >= 15 is 0 Å². The number of benzene rings is 1. The van der Waals surface area contributed by atoms with Crippen LogP contribution >= 0.6 is 0 Å². The number of halogens is 1. The second kappa shape index (κ2) is 6.13. The Balaban J connectivity index is 2.05. The summed E-state index contributed by atoms with van der Waals surface area (Å²) < 4.78 is 18.8. The third-order valence-electron chi connectivity index (χ3n) is 3.42. The maximum Gasteiger partial charge on any atom is 0.226 e. The van der Waals surface area contributed by atoms with Gasteiger partial charge in [-0.05, 0) is 36.9 Å². The molecule has 0 saturated carbocycles. The SMILES string of the molecule is CC(C)(CCN)CCc1nc(-c2ccccc2F)no1. The highest BCUT2D eigenvalue weighted by Crippen LogP contribution is 2.26. The van der Waals surface area contributed by atoms with E-state index in [1.807, 2.05) is 0 Å². The van der Waals surface area contributed by atoms with Gasteiger partial charge in [-0.1, -0.05) is 31.1 Å². The first-order valence-electron chi connectivity index (χ1n) is 6.79. The fraction of sp³-hybridized carbons (Fsp3) is 0.467. The highest BCUT2D eigenvalue weighted by Gasteiger charge is 2.19. The molecule has 0 atom stereocenters. The molecule has 0 aliphatic carbocycles. The zero-order chi connectivity index (χ0) is 14.6. The fourth-order valence-electron chi connectivity index (χ4n) is 2.07. The molecule has 0 saturated heterocycles. The topological polar surface area (TPSA) is 64.9 Å². The van der Waals surface area contributed by atoms with Crippen molar-refractivity contribution >= 4 is 0 Å². The quantitative estimate of drug-likeness (QED) is 0.880. The van der Waals surface area contributed by atoms with Crippen molar-refractivity contribution in [2.75, 3.05) is 6.54 Å². The van der Waals surface area contributed by atoms with Gasteiger partial charge in [-0.3, -0.25) is 0 Å². The van der Waals surface area contributed by atoms with Gasteiger partial charge in [-0.2, -0.15) is 4.98 Å². The highest BCUT2D eigenvalue weighted by atomic mass is 19.1. The lowest BCUT2D eigenvalue weighted by Gasteiger charge is -2.22. The van der Waals surface area contributed by atoms with Gasteiger partial charge >= 0.3 is 0 Å². The molecule has 0 aliphatic rings. The molecule has 1 heterocycles. The molecule has 0 fully saturated rings. The normalized spacial score (nSPS) is 11.8. The summed E-state index contributed by atoms with van der Waals surface area (Å²) in [6.45, 7) is 4.99. The minimum absolute atomic E-state index is 0.140. The molecule has 5 heteroatoms. The van der Waals surface area contributed by atoms with Gasteiger partial charge < -0.3 is 10.3 Å². The predicted molar refractivity (Wildman–Crippen MR) is 75.5 cm³/mol. The Hall–Kier alpha value is -1.75. The van der Waals surface area contributed by atoms with Crippen molar-refractivity contribution in [3.05, 3.63) is 36.0 Å². The lowest BCUT2D eigenvalue weighted by molar-refractivity contribution is 0.289. The van der Waals surface area contributed by atoms with E-state index in [-0.39, 0.29) is 11.2 Å². The molecule has 0 unspecified atom stereocenters. The van der Waals surface area contributed by atoms with Crippen LogP contribution in [0.3, 0.4) is 0 Å². The van der Waals surface area contributed by atoms with Crippen molar-refractivity contribution in [2.24, 2.45) is 11.1 Å². The van der Waals surface area contributed by atoms with Crippen LogP contribution < -0.4 is 5.73 Å². The molecule has 0 bridgehead atoms. The van der Waals surface area contributed by atoms with E-state index in [1.165, 1.54) is 6.07 Å². The van der Waals surface area contributed by atoms with Crippen LogP contribution in [0, 0.1) is 11.2 Å². The minimum atomic E-state index is -0.344. The van der Waals surface area contributed by atoms with Crippen molar-refractivity contribution < 1.29 is 8.91 Å². The largest absolute Gasteiger partial charge is 0.339 e. The Morgan fingerprint density at radius 2 is 2.00 bits per heavy atom. The van der Waals surface area contributed by atoms with Crippen molar-refractivity contribution in [3.63, 3.8) is 0 Å². The molecule has 20 heavy (non-hydrogen) atoms. The maximum absolute atomic E-state index is 13.6. The van der Waals surface area contributed by atoms with Crippen LogP contribution in [0.2, 0.25) is 0 Å². The van der Waals surface area contributed by atoms with E-state index in [0.717, 1.165) is 12.8 Å². The van der Waals surface area contributed by atoms with Gasteiger partial charge in [0.25, 0.3) is 0 Å². The average molecular weight is 277 g/mol. The molecule has 0 radical (unpaired) electrons. The first-order valence-corrected chi connectivity index (χ1v) is 6.79. The van der Waals surface area contributed by atoms with Gasteiger partial charge in [0.2, 0.25) is 11.7 Å². The number of aryl methyl sites for hydroxylation is 1. The summed E-state index contributed by atoms with van der Waals surface area (Å²) in [6, 6.07) is 6.41. The van der Waals surface area contributed by atoms with E-state index in [0.29, 0.717) is 30.2 Å². The Kier molecular flexibility index (Phi) is 4.49. The second-order valence-corrected chi connectivity index (χ2v) is 5.69. The van der Waals surface area contributed by atoms with Crippen LogP contribution in [0.5, 0.6) is 0 Å². The van der Waals surface area contributed by atoms with E-state index in [1.54, 1.807) is 18.2 Å². The van der Waals surface area contributed by atoms with Crippen LogP contribution in [0.15, 0.2) is 28.8 Å². The standard InChI is InChI=1S/C15H20FN3O/c1-15(2,9-10-17)8-7-13-18-14(19-20-13)11-5-3-4-6-12(11)16/h3-6H,7-10,17H2,1-2H3. The van der Waals surface area contributed by atoms with Crippen LogP contribution in [-0.2, 0) is 6.42 Å². The molecule has 1 aromatic heterocycles. The monoisotopic (exact) mass is 277 g/mol. The number of aromatic nitrogens is 2. The number of hydrogen-bond donors (Lipinski definition) is 1. The lowest BCUT2D eigenvalue weighted by Crippen LogP contribution is -2.17. The molecule has 4 nitrogen and oxygen atoms in total. The Bertz CT molecular complexity index is 566. The Labute approximate surface area is 118 Å². The molecule has 2 N–H and O–H groups in total. The molecule has 1 aromatic carbocycles. The summed E-state index contributed by atoms with van der Waals surface area (Å²) in [4.78, 5) is 4.26. The average Bonchev–Trinajstić information content (AvgIpc) is 2.86. The minimum Gasteiger partial charge on any atom is -0.339 e. The van der Waals surface area contributed by atoms with Crippen molar-refractivity contribution in [3.8, 4) is 11.4 Å². The first-order chi connectivity index (χ1) is 9.52. The molecule has 0 aliphatic heterocycles. The summed E-state index contributed by atoms with van der Waals surface area (Å²) in [5.41, 5.74) is 6.09. The van der Waals surface area contributed by atoms with Crippen molar-refractivity contribution in [1.82, 2.24) is 10.1 Å². The van der Waals surface area contributed by atoms with Gasteiger partial charge in [-0.15, -0.1) is 0 Å². The lowest BCUT2D eigenvalue weighted by atomic mass is 9.84. The van der Waals surface area contributed by atoms with Gasteiger partial charge in [0, 0.05) is 6.42 Å². The summed E-state index contributed by atoms with van der Waals surface area (Å²) in [5, 5.41) is 3.84. The molecular weight excluding hydrogens is 257 g/mol. The van der Waals surface area contributed by atoms with Crippen LogP contribution in [0.1, 0.15) is 32.6 Å². The number of nitrogens with two attached hydrogens (primary N) is 1. The second-order valence-electron chi connectivity index (χ2n) is 5.69. The van der Waals surface area contributed by atoms with Gasteiger partial charge in [0.1, 0.15) is 5.82 Å². The van der Waals surface area contributed by atoms with E-state index in [4.69, 9.17) is 10.3 Å². The Morgan fingerprint density at radius 1 is 1.25 bits per heavy atom. The molecule has 108 valence electrons. The van der Waals surface area contributed by atoms with Gasteiger partial charge in [0.05, 0.1) is 5.56 Å². The number of rotatable bonds is 6. The number of hydrogen-bond acceptors (Lipinski definition) is 4. The molecule has 2 rings (SSSR count). The summed E-state index contributed by atoms with van der Waals surface area (Å²) in [7, 11) is 0. The highest BCUT2D eigenvalue weighted by molar-refractivity contribution is 5.54. The predicted octanol–water partition coefficient (Wildman–Crippen LogP) is 3.18. The summed E-state index contributed by atoms with van der Waals surface area (Å²) >= 11 is 0. The molecule has 0 spiro atoms. The fourth-order valence-corrected chi connectivity index (χ4v) is 2.07. The van der Waals surface area contributed by atoms with E-state index < -0.39 is 0 Å². The van der Waals surface area contributed by atoms with Crippen molar-refractivity contribution in [1.29, 1.82) is 0 Å². The molecular formula is C15H20FN3O. The summed E-state index contributed by atoms with van der Waals surface area (Å²) in [5.74, 6) is 0.492. The third kappa shape index (κ3) is 3.63. The van der Waals surface area contributed by atoms with Crippen LogP contribution in [0.25, 0.3) is 11.4 Å². The van der Waals surface area contributed by atoms with Gasteiger partial charge in [-0.25, -0.2) is 4.39 Å².